The minimum absolute atomic E-state index is 0.456. The van der Waals surface area contributed by atoms with Gasteiger partial charge in [0.15, 0.2) is 0 Å². The molecule has 0 spiro atoms. The molecule has 0 N–H and O–H groups in total. The molecular weight excluding hydrogens is 222 g/mol. The fraction of sp³-hybridized carbons (Fsp3) is 0.250. The Bertz CT molecular complexity index is 572. The van der Waals surface area contributed by atoms with Crippen molar-refractivity contribution >= 4 is 22.5 Å². The van der Waals surface area contributed by atoms with Gasteiger partial charge in [0, 0.05) is 11.8 Å². The van der Waals surface area contributed by atoms with Crippen LogP contribution in [-0.2, 0) is 6.42 Å². The number of nitriles is 1. The Balaban J connectivity index is 2.64. The van der Waals surface area contributed by atoms with Crippen molar-refractivity contribution in [3.63, 3.8) is 0 Å². The Morgan fingerprint density at radius 2 is 2.19 bits per heavy atom. The lowest BCUT2D eigenvalue weighted by atomic mass is 10.1. The molecule has 1 aromatic carbocycles. The first-order valence-corrected chi connectivity index (χ1v) is 5.48. The number of aromatic nitrogens is 2. The van der Waals surface area contributed by atoms with Crippen LogP contribution in [0.5, 0.6) is 0 Å². The van der Waals surface area contributed by atoms with Gasteiger partial charge in [-0.05, 0) is 24.6 Å². The summed E-state index contributed by atoms with van der Waals surface area (Å²) in [5, 5.41) is 10.1. The summed E-state index contributed by atoms with van der Waals surface area (Å²) in [7, 11) is 0. The second-order valence-electron chi connectivity index (χ2n) is 3.52. The van der Waals surface area contributed by atoms with Gasteiger partial charge in [-0.25, -0.2) is 9.97 Å². The highest BCUT2D eigenvalue weighted by molar-refractivity contribution is 6.34. The molecule has 80 valence electrons. The van der Waals surface area contributed by atoms with Crippen molar-refractivity contribution in [3.8, 4) is 6.07 Å². The van der Waals surface area contributed by atoms with E-state index in [-0.39, 0.29) is 0 Å². The number of nitrogens with zero attached hydrogens (tertiary/aromatic N) is 3. The normalized spacial score (nSPS) is 10.3. The highest BCUT2D eigenvalue weighted by Gasteiger charge is 2.06. The third kappa shape index (κ3) is 1.98. The SMILES string of the molecule is CCCc1nc(Cl)c2ccc(C#N)cc2n1. The summed E-state index contributed by atoms with van der Waals surface area (Å²) in [4.78, 5) is 8.61. The molecule has 0 bridgehead atoms. The van der Waals surface area contributed by atoms with Gasteiger partial charge in [0.05, 0.1) is 17.1 Å². The van der Waals surface area contributed by atoms with Crippen LogP contribution in [-0.4, -0.2) is 9.97 Å². The smallest absolute Gasteiger partial charge is 0.140 e. The van der Waals surface area contributed by atoms with Gasteiger partial charge in [-0.3, -0.25) is 0 Å². The molecule has 0 aliphatic heterocycles. The van der Waals surface area contributed by atoms with Gasteiger partial charge < -0.3 is 0 Å². The molecule has 2 rings (SSSR count). The first-order chi connectivity index (χ1) is 7.74. The summed E-state index contributed by atoms with van der Waals surface area (Å²) in [5.41, 5.74) is 1.33. The van der Waals surface area contributed by atoms with Gasteiger partial charge in [0.25, 0.3) is 0 Å². The van der Waals surface area contributed by atoms with E-state index in [4.69, 9.17) is 16.9 Å². The molecule has 2 aromatic rings. The molecule has 0 saturated carbocycles. The molecular formula is C12H10ClN3. The highest BCUT2D eigenvalue weighted by Crippen LogP contribution is 2.21. The lowest BCUT2D eigenvalue weighted by molar-refractivity contribution is 0.844. The fourth-order valence-electron chi connectivity index (χ4n) is 1.54. The van der Waals surface area contributed by atoms with Crippen LogP contribution in [0.3, 0.4) is 0 Å². The molecule has 1 heterocycles. The van der Waals surface area contributed by atoms with Gasteiger partial charge >= 0.3 is 0 Å². The minimum Gasteiger partial charge on any atom is -0.233 e. The average Bonchev–Trinajstić information content (AvgIpc) is 2.28. The first kappa shape index (κ1) is 10.8. The van der Waals surface area contributed by atoms with Crippen molar-refractivity contribution in [1.29, 1.82) is 5.26 Å². The third-order valence-electron chi connectivity index (χ3n) is 2.30. The zero-order valence-corrected chi connectivity index (χ0v) is 9.62. The molecule has 16 heavy (non-hydrogen) atoms. The Kier molecular flexibility index (Phi) is 3.02. The maximum Gasteiger partial charge on any atom is 0.140 e. The largest absolute Gasteiger partial charge is 0.233 e. The second kappa shape index (κ2) is 4.46. The van der Waals surface area contributed by atoms with Crippen LogP contribution in [0.4, 0.5) is 0 Å². The summed E-state index contributed by atoms with van der Waals surface area (Å²) >= 11 is 6.06. The predicted octanol–water partition coefficient (Wildman–Crippen LogP) is 3.11. The highest BCUT2D eigenvalue weighted by atomic mass is 35.5. The van der Waals surface area contributed by atoms with Crippen molar-refractivity contribution in [2.45, 2.75) is 19.8 Å². The zero-order valence-electron chi connectivity index (χ0n) is 8.87. The molecule has 0 atom stereocenters. The van der Waals surface area contributed by atoms with Gasteiger partial charge in [0.2, 0.25) is 0 Å². The third-order valence-corrected chi connectivity index (χ3v) is 2.59. The second-order valence-corrected chi connectivity index (χ2v) is 3.88. The molecule has 0 amide bonds. The van der Waals surface area contributed by atoms with Gasteiger partial charge in [-0.15, -0.1) is 0 Å². The van der Waals surface area contributed by atoms with E-state index in [2.05, 4.69) is 23.0 Å². The fourth-order valence-corrected chi connectivity index (χ4v) is 1.80. The molecule has 0 fully saturated rings. The van der Waals surface area contributed by atoms with E-state index in [0.29, 0.717) is 10.7 Å². The average molecular weight is 232 g/mol. The Morgan fingerprint density at radius 3 is 2.88 bits per heavy atom. The zero-order chi connectivity index (χ0) is 11.5. The topological polar surface area (TPSA) is 49.6 Å². The molecule has 0 aliphatic carbocycles. The van der Waals surface area contributed by atoms with Crippen LogP contribution in [0.2, 0.25) is 5.15 Å². The number of benzene rings is 1. The van der Waals surface area contributed by atoms with Crippen LogP contribution in [0.25, 0.3) is 10.9 Å². The van der Waals surface area contributed by atoms with Gasteiger partial charge in [-0.2, -0.15) is 5.26 Å². The number of fused-ring (bicyclic) bond motifs is 1. The van der Waals surface area contributed by atoms with Crippen LogP contribution in [0, 0.1) is 11.3 Å². The number of hydrogen-bond donors (Lipinski definition) is 0. The molecule has 0 saturated heterocycles. The van der Waals surface area contributed by atoms with E-state index < -0.39 is 0 Å². The summed E-state index contributed by atoms with van der Waals surface area (Å²) in [6.45, 7) is 2.06. The van der Waals surface area contributed by atoms with E-state index in [9.17, 15) is 0 Å². The van der Waals surface area contributed by atoms with Crippen molar-refractivity contribution in [2.24, 2.45) is 0 Å². The summed E-state index contributed by atoms with van der Waals surface area (Å²) < 4.78 is 0. The van der Waals surface area contributed by atoms with E-state index in [1.54, 1.807) is 18.2 Å². The lowest BCUT2D eigenvalue weighted by Gasteiger charge is -2.03. The van der Waals surface area contributed by atoms with Crippen LogP contribution in [0.1, 0.15) is 24.7 Å². The first-order valence-electron chi connectivity index (χ1n) is 5.11. The minimum atomic E-state index is 0.456. The molecule has 1 aromatic heterocycles. The van der Waals surface area contributed by atoms with E-state index >= 15 is 0 Å². The van der Waals surface area contributed by atoms with Crippen molar-refractivity contribution in [3.05, 3.63) is 34.7 Å². The van der Waals surface area contributed by atoms with Crippen molar-refractivity contribution in [1.82, 2.24) is 9.97 Å². The van der Waals surface area contributed by atoms with Gasteiger partial charge in [0.1, 0.15) is 11.0 Å². The van der Waals surface area contributed by atoms with Crippen molar-refractivity contribution in [2.75, 3.05) is 0 Å². The summed E-state index contributed by atoms with van der Waals surface area (Å²) in [5.74, 6) is 0.732. The molecule has 0 unspecified atom stereocenters. The molecule has 4 heteroatoms. The predicted molar refractivity (Wildman–Crippen MR) is 63.3 cm³/mol. The Hall–Kier alpha value is -1.66. The Labute approximate surface area is 98.7 Å². The van der Waals surface area contributed by atoms with Gasteiger partial charge in [-0.1, -0.05) is 18.5 Å². The van der Waals surface area contributed by atoms with Crippen LogP contribution in [0.15, 0.2) is 18.2 Å². The van der Waals surface area contributed by atoms with E-state index in [1.165, 1.54) is 0 Å². The molecule has 0 radical (unpaired) electrons. The molecule has 0 aliphatic rings. The van der Waals surface area contributed by atoms with Crippen LogP contribution >= 0.6 is 11.6 Å². The summed E-state index contributed by atoms with van der Waals surface area (Å²) in [6, 6.07) is 7.33. The maximum absolute atomic E-state index is 8.81. The maximum atomic E-state index is 8.81. The number of aryl methyl sites for hydroxylation is 1. The number of halogens is 1. The number of hydrogen-bond acceptors (Lipinski definition) is 3. The monoisotopic (exact) mass is 231 g/mol. The lowest BCUT2D eigenvalue weighted by Crippen LogP contribution is -1.96. The molecule has 3 nitrogen and oxygen atoms in total. The van der Waals surface area contributed by atoms with E-state index in [1.807, 2.05) is 0 Å². The summed E-state index contributed by atoms with van der Waals surface area (Å²) in [6.07, 6.45) is 1.77. The van der Waals surface area contributed by atoms with Crippen molar-refractivity contribution < 1.29 is 0 Å². The van der Waals surface area contributed by atoms with Crippen LogP contribution < -0.4 is 0 Å². The van der Waals surface area contributed by atoms with E-state index in [0.717, 1.165) is 29.6 Å². The Morgan fingerprint density at radius 1 is 1.38 bits per heavy atom. The quantitative estimate of drug-likeness (QED) is 0.747. The standard InChI is InChI=1S/C12H10ClN3/c1-2-3-11-15-10-6-8(7-14)4-5-9(10)12(13)16-11/h4-6H,2-3H2,1H3. The number of rotatable bonds is 2.